The Morgan fingerprint density at radius 3 is 1.68 bits per heavy atom. The van der Waals surface area contributed by atoms with Gasteiger partial charge >= 0.3 is 0 Å². The number of fused-ring (bicyclic) bond motifs is 7. The zero-order valence-corrected chi connectivity index (χ0v) is 28.4. The molecule has 3 aromatic heterocycles. The van der Waals surface area contributed by atoms with E-state index in [-0.39, 0.29) is 38.3 Å². The lowest BCUT2D eigenvalue weighted by Crippen LogP contribution is -2.06. The number of benzene rings is 8. The summed E-state index contributed by atoms with van der Waals surface area (Å²) in [4.78, 5) is 13.5. The summed E-state index contributed by atoms with van der Waals surface area (Å²) in [6, 6.07) is -3.88. The number of para-hydroxylation sites is 2. The molecule has 0 saturated carbocycles. The van der Waals surface area contributed by atoms with Crippen LogP contribution in [0.15, 0.2) is 200 Å². The van der Waals surface area contributed by atoms with E-state index >= 15 is 0 Å². The molecule has 0 atom stereocenters. The Morgan fingerprint density at radius 2 is 0.946 bits per heavy atom. The SMILES string of the molecule is [2H]c1c([2H])c([2H])c(-c2nc(-c3c([2H])c([2H])c(-c4c([2H])c([2H])c([2H])c([2H])c4[2H])c([2H])c3[2H])nc(-n3c4c([2H])c([2H])c([2H])c([2H])c4c4c3c([2H])c([2H])c3c5c([2H])c([2H])c([2H])c([2H])c5n(-c5cccc(-c6ccccc6)c5)c34)n2)c([2H])c1[2H]. The topological polar surface area (TPSA) is 48.5 Å². The molecule has 0 saturated heterocycles. The lowest BCUT2D eigenvalue weighted by atomic mass is 10.0. The maximum Gasteiger partial charge on any atom is 0.238 e. The highest BCUT2D eigenvalue weighted by molar-refractivity contribution is 6.26. The van der Waals surface area contributed by atoms with Gasteiger partial charge in [-0.3, -0.25) is 4.57 Å². The Balaban J connectivity index is 1.37. The second-order valence-corrected chi connectivity index (χ2v) is 12.3. The molecule has 0 radical (unpaired) electrons. The highest BCUT2D eigenvalue weighted by Gasteiger charge is 2.23. The van der Waals surface area contributed by atoms with Crippen LogP contribution in [0.1, 0.15) is 32.9 Å². The number of rotatable bonds is 6. The summed E-state index contributed by atoms with van der Waals surface area (Å²) < 4.78 is 218. The predicted octanol–water partition coefficient (Wildman–Crippen LogP) is 12.7. The smallest absolute Gasteiger partial charge is 0.238 e. The van der Waals surface area contributed by atoms with E-state index < -0.39 is 196 Å². The first-order valence-electron chi connectivity index (χ1n) is 28.9. The molecule has 0 fully saturated rings. The van der Waals surface area contributed by atoms with Crippen molar-refractivity contribution in [1.82, 2.24) is 24.1 Å². The molecule has 56 heavy (non-hydrogen) atoms. The van der Waals surface area contributed by atoms with Crippen molar-refractivity contribution in [2.75, 3.05) is 0 Å². The molecule has 5 heteroatoms. The van der Waals surface area contributed by atoms with Crippen molar-refractivity contribution < 1.29 is 32.9 Å². The van der Waals surface area contributed by atoms with Crippen molar-refractivity contribution in [3.63, 3.8) is 0 Å². The minimum absolute atomic E-state index is 0.148. The third-order valence-corrected chi connectivity index (χ3v) is 9.10. The molecule has 0 spiro atoms. The largest absolute Gasteiger partial charge is 0.309 e. The second-order valence-electron chi connectivity index (χ2n) is 12.3. The Labute approximate surface area is 357 Å². The van der Waals surface area contributed by atoms with Gasteiger partial charge < -0.3 is 4.57 Å². The molecule has 262 valence electrons. The van der Waals surface area contributed by atoms with Gasteiger partial charge in [-0.05, 0) is 52.5 Å². The summed E-state index contributed by atoms with van der Waals surface area (Å²) in [6.45, 7) is 0. The number of nitrogens with zero attached hydrogens (tertiary/aromatic N) is 5. The molecular weight excluding hydrogens is 683 g/mol. The summed E-state index contributed by atoms with van der Waals surface area (Å²) >= 11 is 0. The molecule has 0 amide bonds. The first kappa shape index (κ1) is 16.0. The maximum absolute atomic E-state index is 9.88. The Hall–Kier alpha value is -7.63. The van der Waals surface area contributed by atoms with Gasteiger partial charge in [0.1, 0.15) is 0 Å². The maximum atomic E-state index is 9.88. The highest BCUT2D eigenvalue weighted by atomic mass is 15.2. The van der Waals surface area contributed by atoms with E-state index in [9.17, 15) is 13.7 Å². The number of hydrogen-bond donors (Lipinski definition) is 0. The van der Waals surface area contributed by atoms with Gasteiger partial charge in [-0.2, -0.15) is 9.97 Å². The Morgan fingerprint density at radius 1 is 0.375 bits per heavy atom. The number of hydrogen-bond acceptors (Lipinski definition) is 3. The number of aromatic nitrogens is 5. The minimum atomic E-state index is -0.986. The van der Waals surface area contributed by atoms with Crippen molar-refractivity contribution in [1.29, 1.82) is 0 Å². The van der Waals surface area contributed by atoms with Crippen LogP contribution in [0, 0.1) is 0 Å². The minimum Gasteiger partial charge on any atom is -0.309 e. The van der Waals surface area contributed by atoms with Crippen LogP contribution in [0.2, 0.25) is 0 Å². The molecular formula is C51H33N5. The fourth-order valence-corrected chi connectivity index (χ4v) is 6.71. The van der Waals surface area contributed by atoms with Crippen molar-refractivity contribution in [2.45, 2.75) is 0 Å². The molecule has 8 aromatic carbocycles. The summed E-state index contributed by atoms with van der Waals surface area (Å²) in [5, 5.41) is -1.08. The van der Waals surface area contributed by atoms with E-state index in [2.05, 4.69) is 15.0 Å². The van der Waals surface area contributed by atoms with Gasteiger partial charge in [0, 0.05) is 38.4 Å². The van der Waals surface area contributed by atoms with Gasteiger partial charge in [0.05, 0.1) is 55.0 Å². The van der Waals surface area contributed by atoms with Gasteiger partial charge in [0.2, 0.25) is 5.95 Å². The molecule has 11 aromatic rings. The van der Waals surface area contributed by atoms with Gasteiger partial charge in [0.25, 0.3) is 0 Å². The molecule has 0 bridgehead atoms. The molecule has 5 nitrogen and oxygen atoms in total. The summed E-state index contributed by atoms with van der Waals surface area (Å²) in [7, 11) is 0. The van der Waals surface area contributed by atoms with Crippen molar-refractivity contribution in [2.24, 2.45) is 0 Å². The predicted molar refractivity (Wildman–Crippen MR) is 230 cm³/mol. The molecule has 0 aliphatic rings. The monoisotopic (exact) mass is 739 g/mol. The second kappa shape index (κ2) is 13.0. The van der Waals surface area contributed by atoms with Gasteiger partial charge in [-0.15, -0.1) is 0 Å². The van der Waals surface area contributed by atoms with Crippen LogP contribution in [0.3, 0.4) is 0 Å². The first-order valence-corrected chi connectivity index (χ1v) is 16.9. The normalized spacial score (nSPS) is 17.6. The van der Waals surface area contributed by atoms with Crippen LogP contribution in [0.5, 0.6) is 0 Å². The summed E-state index contributed by atoms with van der Waals surface area (Å²) in [5.41, 5.74) is -2.64. The standard InChI is InChI=1S/C51H33N5/c1-4-15-34(16-5-1)36-27-29-38(30-28-36)50-52-49(37-19-8-3-9-20-37)53-51(54-50)56-45-26-13-11-24-43(45)47-46(56)32-31-42-41-23-10-12-25-44(41)55(48(42)47)40-22-14-21-39(33-40)35-17-6-2-7-18-35/h1-33H/i1D,3D,4D,5D,8D,9D,10D,11D,12D,13D,15D,16D,19D,20D,23D,24D,25D,26D,27D,28D,29D,30D,31D,32D. The van der Waals surface area contributed by atoms with Crippen molar-refractivity contribution in [3.8, 4) is 56.7 Å². The third-order valence-electron chi connectivity index (χ3n) is 9.10. The lowest BCUT2D eigenvalue weighted by molar-refractivity contribution is 0.953. The fraction of sp³-hybridized carbons (Fsp3) is 0. The third kappa shape index (κ3) is 5.21. The zero-order chi connectivity index (χ0) is 57.9. The van der Waals surface area contributed by atoms with Crippen molar-refractivity contribution >= 4 is 43.6 Å². The Kier molecular flexibility index (Phi) is 3.73. The van der Waals surface area contributed by atoms with Crippen molar-refractivity contribution in [3.05, 3.63) is 200 Å². The van der Waals surface area contributed by atoms with Crippen LogP contribution in [-0.4, -0.2) is 24.1 Å². The quantitative estimate of drug-likeness (QED) is 0.171. The Bertz CT molecular complexity index is 4560. The summed E-state index contributed by atoms with van der Waals surface area (Å²) in [5.74, 6) is -2.45. The van der Waals surface area contributed by atoms with Crippen LogP contribution >= 0.6 is 0 Å². The lowest BCUT2D eigenvalue weighted by Gasteiger charge is -2.12. The fourth-order valence-electron chi connectivity index (χ4n) is 6.71. The molecule has 0 aliphatic heterocycles. The van der Waals surface area contributed by atoms with Crippen LogP contribution in [-0.2, 0) is 0 Å². The van der Waals surface area contributed by atoms with E-state index in [0.717, 1.165) is 10.1 Å². The summed E-state index contributed by atoms with van der Waals surface area (Å²) in [6.07, 6.45) is 0. The highest BCUT2D eigenvalue weighted by Crippen LogP contribution is 2.42. The van der Waals surface area contributed by atoms with Gasteiger partial charge in [-0.1, -0.05) is 169 Å². The van der Waals surface area contributed by atoms with E-state index in [1.807, 2.05) is 18.2 Å². The van der Waals surface area contributed by atoms with E-state index in [1.165, 1.54) is 4.57 Å². The molecule has 3 heterocycles. The molecule has 0 unspecified atom stereocenters. The zero-order valence-electron chi connectivity index (χ0n) is 52.4. The van der Waals surface area contributed by atoms with Crippen LogP contribution < -0.4 is 0 Å². The molecule has 0 N–H and O–H groups in total. The first-order chi connectivity index (χ1) is 37.8. The van der Waals surface area contributed by atoms with Crippen LogP contribution in [0.4, 0.5) is 0 Å². The van der Waals surface area contributed by atoms with Gasteiger partial charge in [0.15, 0.2) is 11.6 Å². The van der Waals surface area contributed by atoms with E-state index in [4.69, 9.17) is 19.2 Å². The van der Waals surface area contributed by atoms with Crippen LogP contribution in [0.25, 0.3) is 100 Å². The van der Waals surface area contributed by atoms with E-state index in [1.54, 1.807) is 36.4 Å². The van der Waals surface area contributed by atoms with E-state index in [0.29, 0.717) is 5.56 Å². The average Bonchev–Trinajstić information content (AvgIpc) is 4.24. The van der Waals surface area contributed by atoms with Gasteiger partial charge in [-0.25, -0.2) is 4.98 Å². The molecule has 11 rings (SSSR count). The molecule has 0 aliphatic carbocycles. The average molecular weight is 740 g/mol.